The maximum absolute atomic E-state index is 10.5. The van der Waals surface area contributed by atoms with E-state index in [0.29, 0.717) is 5.65 Å². The summed E-state index contributed by atoms with van der Waals surface area (Å²) >= 11 is 0. The summed E-state index contributed by atoms with van der Waals surface area (Å²) < 4.78 is 1.06. The fourth-order valence-corrected chi connectivity index (χ4v) is 1.01. The van der Waals surface area contributed by atoms with Crippen LogP contribution < -0.4 is 0 Å². The molecule has 0 bridgehead atoms. The summed E-state index contributed by atoms with van der Waals surface area (Å²) in [7, 11) is 0. The van der Waals surface area contributed by atoms with Crippen LogP contribution in [0.15, 0.2) is 18.5 Å². The number of fused-ring (bicyclic) bond motifs is 1. The molecule has 0 saturated heterocycles. The van der Waals surface area contributed by atoms with Crippen LogP contribution in [0.3, 0.4) is 0 Å². The normalized spacial score (nSPS) is 10.5. The van der Waals surface area contributed by atoms with Gasteiger partial charge in [0.1, 0.15) is 5.56 Å². The molecule has 0 saturated carbocycles. The van der Waals surface area contributed by atoms with Gasteiger partial charge in [-0.2, -0.15) is 9.61 Å². The quantitative estimate of drug-likeness (QED) is 0.649. The second-order valence-corrected chi connectivity index (χ2v) is 2.40. The molecule has 0 unspecified atom stereocenters. The minimum atomic E-state index is -1.23. The highest BCUT2D eigenvalue weighted by molar-refractivity contribution is 5.90. The Hall–Kier alpha value is -2.11. The largest absolute Gasteiger partial charge is 0.493 e. The van der Waals surface area contributed by atoms with Gasteiger partial charge < -0.3 is 10.2 Å². The topological polar surface area (TPSA) is 87.7 Å². The lowest BCUT2D eigenvalue weighted by atomic mass is 10.3. The van der Waals surface area contributed by atoms with Crippen molar-refractivity contribution in [3.8, 4) is 5.88 Å². The van der Waals surface area contributed by atoms with Crippen molar-refractivity contribution in [1.29, 1.82) is 0 Å². The zero-order valence-corrected chi connectivity index (χ0v) is 6.38. The van der Waals surface area contributed by atoms with Crippen molar-refractivity contribution in [2.75, 3.05) is 0 Å². The highest BCUT2D eigenvalue weighted by Gasteiger charge is 2.13. The third kappa shape index (κ3) is 0.994. The number of aromatic hydroxyl groups is 1. The van der Waals surface area contributed by atoms with E-state index in [-0.39, 0.29) is 5.56 Å². The Kier molecular flexibility index (Phi) is 1.42. The van der Waals surface area contributed by atoms with E-state index >= 15 is 0 Å². The third-order valence-electron chi connectivity index (χ3n) is 1.62. The Morgan fingerprint density at radius 2 is 2.31 bits per heavy atom. The standard InChI is InChI=1S/C7H5N3O3/c11-6-4(7(12)13)3-8-5-1-2-9-10(5)6/h1-3,11H,(H,12,13). The van der Waals surface area contributed by atoms with E-state index in [1.165, 1.54) is 6.20 Å². The molecule has 0 aromatic carbocycles. The van der Waals surface area contributed by atoms with Crippen LogP contribution in [0.2, 0.25) is 0 Å². The first-order valence-corrected chi connectivity index (χ1v) is 3.45. The summed E-state index contributed by atoms with van der Waals surface area (Å²) in [5.74, 6) is -1.65. The molecule has 2 rings (SSSR count). The van der Waals surface area contributed by atoms with Crippen LogP contribution >= 0.6 is 0 Å². The molecule has 6 nitrogen and oxygen atoms in total. The predicted molar refractivity (Wildman–Crippen MR) is 41.6 cm³/mol. The van der Waals surface area contributed by atoms with Crippen LogP contribution in [0.1, 0.15) is 10.4 Å². The third-order valence-corrected chi connectivity index (χ3v) is 1.62. The van der Waals surface area contributed by atoms with Crippen molar-refractivity contribution in [2.24, 2.45) is 0 Å². The molecule has 2 aromatic rings. The number of hydrogen-bond donors (Lipinski definition) is 2. The zero-order valence-electron chi connectivity index (χ0n) is 6.38. The first-order valence-electron chi connectivity index (χ1n) is 3.45. The monoisotopic (exact) mass is 179 g/mol. The summed E-state index contributed by atoms with van der Waals surface area (Å²) in [6.07, 6.45) is 2.52. The number of nitrogens with zero attached hydrogens (tertiary/aromatic N) is 3. The van der Waals surface area contributed by atoms with Gasteiger partial charge in [-0.15, -0.1) is 0 Å². The maximum Gasteiger partial charge on any atom is 0.342 e. The second kappa shape index (κ2) is 2.44. The van der Waals surface area contributed by atoms with Gasteiger partial charge in [-0.3, -0.25) is 0 Å². The molecule has 2 N–H and O–H groups in total. The smallest absolute Gasteiger partial charge is 0.342 e. The van der Waals surface area contributed by atoms with Gasteiger partial charge in [-0.25, -0.2) is 9.78 Å². The summed E-state index contributed by atoms with van der Waals surface area (Å²) in [6.45, 7) is 0. The van der Waals surface area contributed by atoms with E-state index in [1.54, 1.807) is 6.07 Å². The summed E-state index contributed by atoms with van der Waals surface area (Å²) in [5.41, 5.74) is 0.138. The first kappa shape index (κ1) is 7.53. The summed E-state index contributed by atoms with van der Waals surface area (Å²) in [4.78, 5) is 14.3. The van der Waals surface area contributed by atoms with Crippen LogP contribution in [-0.4, -0.2) is 30.8 Å². The SMILES string of the molecule is O=C(O)c1cnc2ccnn2c1O. The van der Waals surface area contributed by atoms with Gasteiger partial charge in [-0.05, 0) is 0 Å². The van der Waals surface area contributed by atoms with Gasteiger partial charge in [0.25, 0.3) is 0 Å². The fourth-order valence-electron chi connectivity index (χ4n) is 1.01. The van der Waals surface area contributed by atoms with Crippen LogP contribution in [0, 0.1) is 0 Å². The summed E-state index contributed by atoms with van der Waals surface area (Å²) in [5, 5.41) is 21.7. The Labute approximate surface area is 72.1 Å². The second-order valence-electron chi connectivity index (χ2n) is 2.40. The minimum absolute atomic E-state index is 0.267. The number of aromatic nitrogens is 3. The number of carboxylic acids is 1. The van der Waals surface area contributed by atoms with Crippen molar-refractivity contribution in [3.05, 3.63) is 24.0 Å². The molecular formula is C7H5N3O3. The number of aromatic carboxylic acids is 1. The van der Waals surface area contributed by atoms with Crippen molar-refractivity contribution >= 4 is 11.6 Å². The number of hydrogen-bond acceptors (Lipinski definition) is 4. The Balaban J connectivity index is 2.80. The molecule has 0 radical (unpaired) electrons. The predicted octanol–water partition coefficient (Wildman–Crippen LogP) is 0.133. The molecule has 0 aliphatic carbocycles. The fraction of sp³-hybridized carbons (Fsp3) is 0. The maximum atomic E-state index is 10.5. The lowest BCUT2D eigenvalue weighted by Gasteiger charge is -1.99. The van der Waals surface area contributed by atoms with Gasteiger partial charge in [0, 0.05) is 12.3 Å². The minimum Gasteiger partial charge on any atom is -0.493 e. The van der Waals surface area contributed by atoms with Crippen LogP contribution in [-0.2, 0) is 0 Å². The molecule has 13 heavy (non-hydrogen) atoms. The van der Waals surface area contributed by atoms with E-state index < -0.39 is 11.8 Å². The molecular weight excluding hydrogens is 174 g/mol. The molecule has 0 fully saturated rings. The van der Waals surface area contributed by atoms with E-state index in [4.69, 9.17) is 5.11 Å². The van der Waals surface area contributed by atoms with E-state index in [2.05, 4.69) is 10.1 Å². The van der Waals surface area contributed by atoms with E-state index in [0.717, 1.165) is 10.7 Å². The number of rotatable bonds is 1. The molecule has 66 valence electrons. The van der Waals surface area contributed by atoms with Gasteiger partial charge in [-0.1, -0.05) is 0 Å². The lowest BCUT2D eigenvalue weighted by Crippen LogP contribution is -2.02. The van der Waals surface area contributed by atoms with Gasteiger partial charge in [0.15, 0.2) is 5.65 Å². The van der Waals surface area contributed by atoms with Crippen molar-refractivity contribution in [1.82, 2.24) is 14.6 Å². The molecule has 2 heterocycles. The van der Waals surface area contributed by atoms with Crippen molar-refractivity contribution in [3.63, 3.8) is 0 Å². The number of carbonyl (C=O) groups is 1. The highest BCUT2D eigenvalue weighted by Crippen LogP contribution is 2.15. The molecule has 2 aromatic heterocycles. The zero-order chi connectivity index (χ0) is 9.42. The average molecular weight is 179 g/mol. The Bertz CT molecular complexity index is 477. The van der Waals surface area contributed by atoms with Gasteiger partial charge >= 0.3 is 5.97 Å². The van der Waals surface area contributed by atoms with Crippen LogP contribution in [0.25, 0.3) is 5.65 Å². The van der Waals surface area contributed by atoms with Crippen LogP contribution in [0.5, 0.6) is 5.88 Å². The molecule has 0 atom stereocenters. The summed E-state index contributed by atoms with van der Waals surface area (Å²) in [6, 6.07) is 1.56. The lowest BCUT2D eigenvalue weighted by molar-refractivity contribution is 0.0692. The molecule has 0 spiro atoms. The van der Waals surface area contributed by atoms with Crippen molar-refractivity contribution < 1.29 is 15.0 Å². The van der Waals surface area contributed by atoms with Gasteiger partial charge in [0.05, 0.1) is 6.20 Å². The molecule has 0 amide bonds. The highest BCUT2D eigenvalue weighted by atomic mass is 16.4. The molecule has 6 heteroatoms. The van der Waals surface area contributed by atoms with Gasteiger partial charge in [0.2, 0.25) is 5.88 Å². The average Bonchev–Trinajstić information content (AvgIpc) is 2.52. The Morgan fingerprint density at radius 3 is 3.00 bits per heavy atom. The van der Waals surface area contributed by atoms with Crippen molar-refractivity contribution in [2.45, 2.75) is 0 Å². The Morgan fingerprint density at radius 1 is 1.54 bits per heavy atom. The van der Waals surface area contributed by atoms with E-state index in [9.17, 15) is 9.90 Å². The first-order chi connectivity index (χ1) is 6.20. The molecule has 0 aliphatic heterocycles. The van der Waals surface area contributed by atoms with Crippen LogP contribution in [0.4, 0.5) is 0 Å². The number of carboxylic acid groups (broad SMARTS) is 1. The molecule has 0 aliphatic rings. The van der Waals surface area contributed by atoms with E-state index in [1.807, 2.05) is 0 Å².